The number of anilines is 1. The highest BCUT2D eigenvalue weighted by Crippen LogP contribution is 2.19. The lowest BCUT2D eigenvalue weighted by molar-refractivity contribution is 0.0532. The smallest absolute Gasteiger partial charge is 0.255 e. The van der Waals surface area contributed by atoms with Crippen LogP contribution < -0.4 is 5.32 Å². The summed E-state index contributed by atoms with van der Waals surface area (Å²) < 4.78 is 5.45. The maximum absolute atomic E-state index is 12.4. The number of carbonyl (C=O) groups excluding carboxylic acids is 1. The molecule has 0 fully saturated rings. The molecule has 0 saturated carbocycles. The van der Waals surface area contributed by atoms with Gasteiger partial charge in [0.15, 0.2) is 0 Å². The Kier molecular flexibility index (Phi) is 7.47. The molecule has 0 radical (unpaired) electrons. The highest BCUT2D eigenvalue weighted by Gasteiger charge is 2.16. The highest BCUT2D eigenvalue weighted by molar-refractivity contribution is 6.33. The molecule has 1 amide bonds. The summed E-state index contributed by atoms with van der Waals surface area (Å²) in [5.41, 5.74) is 0.456. The zero-order chi connectivity index (χ0) is 15.8. The van der Waals surface area contributed by atoms with E-state index in [0.717, 1.165) is 13.0 Å². The molecule has 1 aromatic heterocycles. The summed E-state index contributed by atoms with van der Waals surface area (Å²) in [7, 11) is 1.74. The topological polar surface area (TPSA) is 54.5 Å². The van der Waals surface area contributed by atoms with Gasteiger partial charge in [0, 0.05) is 26.3 Å². The Morgan fingerprint density at radius 2 is 2.24 bits per heavy atom. The van der Waals surface area contributed by atoms with Gasteiger partial charge < -0.3 is 15.0 Å². The number of pyridine rings is 1. The molecule has 5 nitrogen and oxygen atoms in total. The van der Waals surface area contributed by atoms with Crippen LogP contribution in [0.2, 0.25) is 5.02 Å². The zero-order valence-electron chi connectivity index (χ0n) is 13.1. The molecule has 0 unspecified atom stereocenters. The first-order chi connectivity index (χ1) is 9.95. The summed E-state index contributed by atoms with van der Waals surface area (Å²) >= 11 is 6.08. The van der Waals surface area contributed by atoms with Crippen LogP contribution in [-0.2, 0) is 4.74 Å². The van der Waals surface area contributed by atoms with Crippen molar-refractivity contribution in [1.29, 1.82) is 0 Å². The van der Waals surface area contributed by atoms with Crippen LogP contribution in [0.5, 0.6) is 0 Å². The second-order valence-electron chi connectivity index (χ2n) is 5.12. The molecular weight excluding hydrogens is 290 g/mol. The second kappa shape index (κ2) is 8.85. The minimum absolute atomic E-state index is 0.130. The molecule has 1 aromatic rings. The molecule has 0 aliphatic heterocycles. The van der Waals surface area contributed by atoms with E-state index in [-0.39, 0.29) is 12.0 Å². The Balaban J connectivity index is 2.71. The molecule has 118 valence electrons. The quantitative estimate of drug-likeness (QED) is 0.801. The minimum atomic E-state index is -0.130. The number of hydrogen-bond donors (Lipinski definition) is 1. The van der Waals surface area contributed by atoms with E-state index in [1.165, 1.54) is 6.20 Å². The van der Waals surface area contributed by atoms with Crippen LogP contribution in [0, 0.1) is 0 Å². The van der Waals surface area contributed by atoms with Gasteiger partial charge in [-0.15, -0.1) is 0 Å². The monoisotopic (exact) mass is 313 g/mol. The molecule has 0 aliphatic rings. The van der Waals surface area contributed by atoms with Gasteiger partial charge in [0.1, 0.15) is 5.82 Å². The maximum atomic E-state index is 12.4. The van der Waals surface area contributed by atoms with Crippen LogP contribution in [0.25, 0.3) is 0 Å². The van der Waals surface area contributed by atoms with Crippen LogP contribution in [0.4, 0.5) is 5.82 Å². The Bertz CT molecular complexity index is 466. The first kappa shape index (κ1) is 17.7. The van der Waals surface area contributed by atoms with Crippen LogP contribution in [0.1, 0.15) is 37.6 Å². The van der Waals surface area contributed by atoms with Crippen molar-refractivity contribution in [1.82, 2.24) is 9.88 Å². The van der Waals surface area contributed by atoms with E-state index in [0.29, 0.717) is 29.6 Å². The Hall–Kier alpha value is -1.33. The summed E-state index contributed by atoms with van der Waals surface area (Å²) in [4.78, 5) is 18.2. The molecular formula is C15H24ClN3O2. The first-order valence-electron chi connectivity index (χ1n) is 7.22. The van der Waals surface area contributed by atoms with Crippen molar-refractivity contribution in [3.05, 3.63) is 22.8 Å². The number of rotatable bonds is 8. The fourth-order valence-electron chi connectivity index (χ4n) is 1.68. The molecule has 0 aliphatic carbocycles. The summed E-state index contributed by atoms with van der Waals surface area (Å²) in [5.74, 6) is 0.533. The van der Waals surface area contributed by atoms with Gasteiger partial charge in [0.05, 0.1) is 23.3 Å². The predicted molar refractivity (Wildman–Crippen MR) is 86.1 cm³/mol. The molecule has 0 bridgehead atoms. The Morgan fingerprint density at radius 1 is 1.52 bits per heavy atom. The van der Waals surface area contributed by atoms with Crippen molar-refractivity contribution in [2.75, 3.05) is 32.1 Å². The summed E-state index contributed by atoms with van der Waals surface area (Å²) in [6, 6.07) is 1.69. The van der Waals surface area contributed by atoms with E-state index in [1.807, 2.05) is 13.8 Å². The Morgan fingerprint density at radius 3 is 2.86 bits per heavy atom. The lowest BCUT2D eigenvalue weighted by Crippen LogP contribution is -2.31. The number of hydrogen-bond acceptors (Lipinski definition) is 4. The van der Waals surface area contributed by atoms with E-state index in [1.54, 1.807) is 18.0 Å². The fourth-order valence-corrected chi connectivity index (χ4v) is 1.87. The maximum Gasteiger partial charge on any atom is 0.255 e. The number of nitrogens with one attached hydrogen (secondary N) is 1. The van der Waals surface area contributed by atoms with Gasteiger partial charge in [-0.2, -0.15) is 0 Å². The number of halogens is 1. The normalized spacial score (nSPS) is 10.8. The van der Waals surface area contributed by atoms with Gasteiger partial charge in [0.25, 0.3) is 5.91 Å². The van der Waals surface area contributed by atoms with Crippen LogP contribution >= 0.6 is 11.6 Å². The minimum Gasteiger partial charge on any atom is -0.377 e. The van der Waals surface area contributed by atoms with Crippen molar-refractivity contribution >= 4 is 23.3 Å². The third kappa shape index (κ3) is 5.89. The zero-order valence-corrected chi connectivity index (χ0v) is 13.9. The SMILES string of the molecule is CCCNc1cc(C(=O)N(C)CCOC(C)C)c(Cl)cn1. The number of carbonyl (C=O) groups is 1. The van der Waals surface area contributed by atoms with Crippen molar-refractivity contribution in [2.24, 2.45) is 0 Å². The summed E-state index contributed by atoms with van der Waals surface area (Å²) in [6.07, 6.45) is 2.65. The van der Waals surface area contributed by atoms with E-state index < -0.39 is 0 Å². The van der Waals surface area contributed by atoms with Crippen molar-refractivity contribution in [3.63, 3.8) is 0 Å². The summed E-state index contributed by atoms with van der Waals surface area (Å²) in [6.45, 7) is 7.83. The van der Waals surface area contributed by atoms with Gasteiger partial charge >= 0.3 is 0 Å². The average molecular weight is 314 g/mol. The average Bonchev–Trinajstić information content (AvgIpc) is 2.45. The van der Waals surface area contributed by atoms with Gasteiger partial charge in [-0.3, -0.25) is 4.79 Å². The lowest BCUT2D eigenvalue weighted by atomic mass is 10.2. The number of nitrogens with zero attached hydrogens (tertiary/aromatic N) is 2. The molecule has 0 spiro atoms. The predicted octanol–water partition coefficient (Wildman–Crippen LogP) is 3.05. The number of aromatic nitrogens is 1. The van der Waals surface area contributed by atoms with Gasteiger partial charge in [0.2, 0.25) is 0 Å². The molecule has 0 aromatic carbocycles. The molecule has 1 N–H and O–H groups in total. The van der Waals surface area contributed by atoms with Gasteiger partial charge in [-0.05, 0) is 26.3 Å². The van der Waals surface area contributed by atoms with Crippen molar-refractivity contribution in [2.45, 2.75) is 33.3 Å². The van der Waals surface area contributed by atoms with Crippen LogP contribution in [-0.4, -0.2) is 48.6 Å². The van der Waals surface area contributed by atoms with Crippen LogP contribution in [0.15, 0.2) is 12.3 Å². The first-order valence-corrected chi connectivity index (χ1v) is 7.60. The van der Waals surface area contributed by atoms with Crippen LogP contribution in [0.3, 0.4) is 0 Å². The summed E-state index contributed by atoms with van der Waals surface area (Å²) in [5, 5.41) is 3.51. The van der Waals surface area contributed by atoms with Crippen molar-refractivity contribution < 1.29 is 9.53 Å². The van der Waals surface area contributed by atoms with E-state index in [2.05, 4.69) is 17.2 Å². The molecule has 0 saturated heterocycles. The number of amides is 1. The molecule has 1 heterocycles. The molecule has 1 rings (SSSR count). The van der Waals surface area contributed by atoms with E-state index in [9.17, 15) is 4.79 Å². The van der Waals surface area contributed by atoms with E-state index >= 15 is 0 Å². The standard InChI is InChI=1S/C15H24ClN3O2/c1-5-6-17-14-9-12(13(16)10-18-14)15(20)19(4)7-8-21-11(2)3/h9-11H,5-8H2,1-4H3,(H,17,18). The van der Waals surface area contributed by atoms with Crippen molar-refractivity contribution in [3.8, 4) is 0 Å². The molecule has 21 heavy (non-hydrogen) atoms. The largest absolute Gasteiger partial charge is 0.377 e. The van der Waals surface area contributed by atoms with Gasteiger partial charge in [-0.1, -0.05) is 18.5 Å². The second-order valence-corrected chi connectivity index (χ2v) is 5.53. The van der Waals surface area contributed by atoms with Gasteiger partial charge in [-0.25, -0.2) is 4.98 Å². The van der Waals surface area contributed by atoms with E-state index in [4.69, 9.17) is 16.3 Å². The third-order valence-electron chi connectivity index (χ3n) is 2.87. The molecule has 0 atom stereocenters. The molecule has 6 heteroatoms. The lowest BCUT2D eigenvalue weighted by Gasteiger charge is -2.19. The number of likely N-dealkylation sites (N-methyl/N-ethyl adjacent to an activating group) is 1. The fraction of sp³-hybridized carbons (Fsp3) is 0.600. The number of ether oxygens (including phenoxy) is 1. The Labute approximate surface area is 131 Å². The highest BCUT2D eigenvalue weighted by atomic mass is 35.5. The third-order valence-corrected chi connectivity index (χ3v) is 3.17.